The Morgan fingerprint density at radius 3 is 2.57 bits per heavy atom. The zero-order valence-electron chi connectivity index (χ0n) is 8.27. The summed E-state index contributed by atoms with van der Waals surface area (Å²) in [5.74, 6) is 0. The summed E-state index contributed by atoms with van der Waals surface area (Å²) in [4.78, 5) is 4.14. The molecule has 0 aliphatic carbocycles. The highest BCUT2D eigenvalue weighted by molar-refractivity contribution is 5.79. The molecule has 1 unspecified atom stereocenters. The van der Waals surface area contributed by atoms with E-state index in [4.69, 9.17) is 10.00 Å². The fourth-order valence-electron chi connectivity index (χ4n) is 0.896. The van der Waals surface area contributed by atoms with Crippen LogP contribution in [0.2, 0.25) is 0 Å². The van der Waals surface area contributed by atoms with Gasteiger partial charge in [0.1, 0.15) is 6.23 Å². The van der Waals surface area contributed by atoms with E-state index in [-0.39, 0.29) is 6.23 Å². The Hall–Kier alpha value is -1.66. The van der Waals surface area contributed by atoms with E-state index >= 15 is 0 Å². The number of methoxy groups -OCH3 is 1. The molecule has 0 spiro atoms. The molecule has 1 aromatic carbocycles. The standard InChI is InChI=1S/C11H12N2O/c1-9(14-2)13-8-11-5-3-10(7-12)4-6-11/h3-6,8-9H,1-2H3/b13-8+. The predicted molar refractivity (Wildman–Crippen MR) is 55.2 cm³/mol. The molecule has 0 aromatic heterocycles. The lowest BCUT2D eigenvalue weighted by Crippen LogP contribution is -2.00. The fraction of sp³-hybridized carbons (Fsp3) is 0.273. The van der Waals surface area contributed by atoms with Crippen LogP contribution in [0.25, 0.3) is 0 Å². The first kappa shape index (κ1) is 10.4. The summed E-state index contributed by atoms with van der Waals surface area (Å²) in [5.41, 5.74) is 1.62. The van der Waals surface area contributed by atoms with Crippen molar-refractivity contribution in [3.8, 4) is 6.07 Å². The highest BCUT2D eigenvalue weighted by Crippen LogP contribution is 2.01. The zero-order chi connectivity index (χ0) is 10.4. The van der Waals surface area contributed by atoms with E-state index in [2.05, 4.69) is 11.1 Å². The normalized spacial score (nSPS) is 12.6. The minimum Gasteiger partial charge on any atom is -0.360 e. The van der Waals surface area contributed by atoms with Crippen LogP contribution in [-0.2, 0) is 4.74 Å². The largest absolute Gasteiger partial charge is 0.360 e. The molecule has 3 heteroatoms. The van der Waals surface area contributed by atoms with Gasteiger partial charge in [0.25, 0.3) is 0 Å². The average Bonchev–Trinajstić information content (AvgIpc) is 2.26. The third-order valence-corrected chi connectivity index (χ3v) is 1.81. The summed E-state index contributed by atoms with van der Waals surface area (Å²) < 4.78 is 4.97. The maximum absolute atomic E-state index is 8.58. The Morgan fingerprint density at radius 2 is 2.07 bits per heavy atom. The molecule has 14 heavy (non-hydrogen) atoms. The molecule has 0 aliphatic heterocycles. The van der Waals surface area contributed by atoms with Crippen molar-refractivity contribution in [3.63, 3.8) is 0 Å². The highest BCUT2D eigenvalue weighted by Gasteiger charge is 1.93. The minimum absolute atomic E-state index is 0.134. The van der Waals surface area contributed by atoms with Crippen molar-refractivity contribution in [2.24, 2.45) is 4.99 Å². The quantitative estimate of drug-likeness (QED) is 0.681. The lowest BCUT2D eigenvalue weighted by Gasteiger charge is -2.01. The molecule has 0 saturated carbocycles. The Bertz CT molecular complexity index is 349. The van der Waals surface area contributed by atoms with E-state index in [9.17, 15) is 0 Å². The van der Waals surface area contributed by atoms with Gasteiger partial charge in [0.05, 0.1) is 11.6 Å². The van der Waals surface area contributed by atoms with Crippen molar-refractivity contribution in [1.29, 1.82) is 5.26 Å². The molecule has 0 radical (unpaired) electrons. The lowest BCUT2D eigenvalue weighted by molar-refractivity contribution is 0.127. The van der Waals surface area contributed by atoms with Crippen LogP contribution < -0.4 is 0 Å². The van der Waals surface area contributed by atoms with Crippen molar-refractivity contribution in [2.75, 3.05) is 7.11 Å². The van der Waals surface area contributed by atoms with Crippen LogP contribution in [-0.4, -0.2) is 19.6 Å². The molecular weight excluding hydrogens is 176 g/mol. The molecule has 0 amide bonds. The van der Waals surface area contributed by atoms with Crippen molar-refractivity contribution in [1.82, 2.24) is 0 Å². The summed E-state index contributed by atoms with van der Waals surface area (Å²) in [7, 11) is 1.61. The Balaban J connectivity index is 2.70. The molecule has 0 heterocycles. The number of benzene rings is 1. The second-order valence-electron chi connectivity index (χ2n) is 2.85. The second kappa shape index (κ2) is 5.15. The molecule has 0 bridgehead atoms. The first-order valence-corrected chi connectivity index (χ1v) is 4.32. The maximum atomic E-state index is 8.58. The number of ether oxygens (including phenoxy) is 1. The molecule has 1 atom stereocenters. The minimum atomic E-state index is -0.134. The topological polar surface area (TPSA) is 45.4 Å². The van der Waals surface area contributed by atoms with E-state index in [1.54, 1.807) is 25.5 Å². The van der Waals surface area contributed by atoms with Crippen molar-refractivity contribution >= 4 is 6.21 Å². The van der Waals surface area contributed by atoms with Crippen LogP contribution in [0.15, 0.2) is 29.3 Å². The lowest BCUT2D eigenvalue weighted by atomic mass is 10.2. The van der Waals surface area contributed by atoms with Gasteiger partial charge in [-0.05, 0) is 24.6 Å². The van der Waals surface area contributed by atoms with Crippen LogP contribution in [0.1, 0.15) is 18.1 Å². The molecule has 0 fully saturated rings. The number of hydrogen-bond donors (Lipinski definition) is 0. The van der Waals surface area contributed by atoms with E-state index in [0.29, 0.717) is 5.56 Å². The summed E-state index contributed by atoms with van der Waals surface area (Å²) >= 11 is 0. The second-order valence-corrected chi connectivity index (χ2v) is 2.85. The number of nitriles is 1. The first-order valence-electron chi connectivity index (χ1n) is 4.32. The van der Waals surface area contributed by atoms with Gasteiger partial charge in [-0.2, -0.15) is 5.26 Å². The average molecular weight is 188 g/mol. The van der Waals surface area contributed by atoms with Gasteiger partial charge in [0.2, 0.25) is 0 Å². The van der Waals surface area contributed by atoms with Crippen molar-refractivity contribution in [2.45, 2.75) is 13.2 Å². The molecule has 1 rings (SSSR count). The Labute approximate surface area is 83.7 Å². The van der Waals surface area contributed by atoms with Crippen molar-refractivity contribution < 1.29 is 4.74 Å². The fourth-order valence-corrected chi connectivity index (χ4v) is 0.896. The predicted octanol–water partition coefficient (Wildman–Crippen LogP) is 1.97. The first-order chi connectivity index (χ1) is 6.76. The Morgan fingerprint density at radius 1 is 1.43 bits per heavy atom. The monoisotopic (exact) mass is 188 g/mol. The van der Waals surface area contributed by atoms with Crippen LogP contribution >= 0.6 is 0 Å². The van der Waals surface area contributed by atoms with Gasteiger partial charge in [0, 0.05) is 13.3 Å². The van der Waals surface area contributed by atoms with E-state index in [0.717, 1.165) is 5.56 Å². The molecule has 1 aromatic rings. The molecule has 3 nitrogen and oxygen atoms in total. The summed E-state index contributed by atoms with van der Waals surface area (Å²) in [6.07, 6.45) is 1.60. The molecular formula is C11H12N2O. The van der Waals surface area contributed by atoms with Crippen molar-refractivity contribution in [3.05, 3.63) is 35.4 Å². The van der Waals surface area contributed by atoms with Gasteiger partial charge in [0.15, 0.2) is 0 Å². The van der Waals surface area contributed by atoms with E-state index < -0.39 is 0 Å². The summed E-state index contributed by atoms with van der Waals surface area (Å²) in [5, 5.41) is 8.58. The van der Waals surface area contributed by atoms with Crippen LogP contribution in [0.3, 0.4) is 0 Å². The van der Waals surface area contributed by atoms with Crippen LogP contribution in [0.5, 0.6) is 0 Å². The Kier molecular flexibility index (Phi) is 3.84. The number of hydrogen-bond acceptors (Lipinski definition) is 3. The molecule has 72 valence electrons. The SMILES string of the molecule is COC(C)/N=C/c1ccc(C#N)cc1. The van der Waals surface area contributed by atoms with Crippen LogP contribution in [0.4, 0.5) is 0 Å². The third kappa shape index (κ3) is 3.00. The summed E-state index contributed by atoms with van der Waals surface area (Å²) in [6.45, 7) is 1.86. The molecule has 0 N–H and O–H groups in total. The molecule has 0 saturated heterocycles. The smallest absolute Gasteiger partial charge is 0.145 e. The highest BCUT2D eigenvalue weighted by atomic mass is 16.5. The van der Waals surface area contributed by atoms with Crippen LogP contribution in [0, 0.1) is 11.3 Å². The van der Waals surface area contributed by atoms with E-state index in [1.807, 2.05) is 19.1 Å². The zero-order valence-corrected chi connectivity index (χ0v) is 8.27. The number of nitrogens with zero attached hydrogens (tertiary/aromatic N) is 2. The number of aliphatic imine (C=N–C) groups is 1. The van der Waals surface area contributed by atoms with Gasteiger partial charge < -0.3 is 4.74 Å². The number of rotatable bonds is 3. The molecule has 0 aliphatic rings. The summed E-state index contributed by atoms with van der Waals surface area (Å²) in [6, 6.07) is 9.29. The van der Waals surface area contributed by atoms with Gasteiger partial charge in [-0.25, -0.2) is 0 Å². The van der Waals surface area contributed by atoms with E-state index in [1.165, 1.54) is 0 Å². The van der Waals surface area contributed by atoms with Gasteiger partial charge in [-0.3, -0.25) is 4.99 Å². The van der Waals surface area contributed by atoms with Gasteiger partial charge in [-0.1, -0.05) is 12.1 Å². The third-order valence-electron chi connectivity index (χ3n) is 1.81. The van der Waals surface area contributed by atoms with Gasteiger partial charge in [-0.15, -0.1) is 0 Å². The maximum Gasteiger partial charge on any atom is 0.145 e. The van der Waals surface area contributed by atoms with Gasteiger partial charge >= 0.3 is 0 Å².